The van der Waals surface area contributed by atoms with Crippen LogP contribution in [0.25, 0.3) is 5.82 Å². The Bertz CT molecular complexity index is 914. The second kappa shape index (κ2) is 6.28. The molecule has 0 aliphatic carbocycles. The number of rotatable bonds is 3. The molecule has 0 spiro atoms. The van der Waals surface area contributed by atoms with E-state index in [1.54, 1.807) is 12.3 Å². The zero-order valence-corrected chi connectivity index (χ0v) is 13.9. The summed E-state index contributed by atoms with van der Waals surface area (Å²) in [6.07, 6.45) is -2.39. The van der Waals surface area contributed by atoms with E-state index in [1.165, 1.54) is 28.3 Å². The molecule has 6 nitrogen and oxygen atoms in total. The van der Waals surface area contributed by atoms with Crippen LogP contribution in [0.3, 0.4) is 0 Å². The number of nitrogens with zero attached hydrogens (tertiary/aromatic N) is 4. The first-order valence-electron chi connectivity index (χ1n) is 7.07. The van der Waals surface area contributed by atoms with Crippen molar-refractivity contribution in [1.82, 2.24) is 19.7 Å². The Labute approximate surface area is 144 Å². The van der Waals surface area contributed by atoms with Gasteiger partial charge in [-0.25, -0.2) is 14.6 Å². The molecule has 3 aromatic rings. The topological polar surface area (TPSA) is 72.7 Å². The highest BCUT2D eigenvalue weighted by Gasteiger charge is 2.30. The summed E-state index contributed by atoms with van der Waals surface area (Å²) in [7, 11) is 0. The molecule has 0 radical (unpaired) electrons. The minimum Gasteiger partial charge on any atom is -0.298 e. The minimum atomic E-state index is -4.46. The lowest BCUT2D eigenvalue weighted by atomic mass is 10.2. The zero-order valence-electron chi connectivity index (χ0n) is 13.1. The molecule has 0 saturated heterocycles. The van der Waals surface area contributed by atoms with E-state index < -0.39 is 17.6 Å². The van der Waals surface area contributed by atoms with Crippen LogP contribution in [-0.2, 0) is 6.18 Å². The van der Waals surface area contributed by atoms with Gasteiger partial charge < -0.3 is 0 Å². The number of nitrogens with one attached hydrogen (secondary N) is 1. The smallest absolute Gasteiger partial charge is 0.298 e. The van der Waals surface area contributed by atoms with E-state index in [1.807, 2.05) is 6.92 Å². The molecule has 3 aromatic heterocycles. The molecule has 10 heteroatoms. The number of carbonyl (C=O) groups is 1. The van der Waals surface area contributed by atoms with Crippen molar-refractivity contribution in [3.63, 3.8) is 0 Å². The Morgan fingerprint density at radius 1 is 1.24 bits per heavy atom. The maximum absolute atomic E-state index is 12.6. The molecule has 1 N–H and O–H groups in total. The maximum Gasteiger partial charge on any atom is 0.417 e. The van der Waals surface area contributed by atoms with E-state index in [0.29, 0.717) is 10.8 Å². The number of aryl methyl sites for hydroxylation is 1. The molecule has 1 amide bonds. The molecule has 0 saturated carbocycles. The standard InChI is InChI=1S/C15H12F3N5OS/c1-8-7-25-14(21-8)22-13(24)11-6-20-23(9(11)2)12-4-3-10(5-19-12)15(16,17)18/h3-7H,1-2H3,(H,21,22,24). The molecule has 0 atom stereocenters. The van der Waals surface area contributed by atoms with Crippen molar-refractivity contribution in [3.05, 3.63) is 52.4 Å². The van der Waals surface area contributed by atoms with Gasteiger partial charge in [-0.05, 0) is 26.0 Å². The van der Waals surface area contributed by atoms with Crippen LogP contribution in [0.4, 0.5) is 18.3 Å². The summed E-state index contributed by atoms with van der Waals surface area (Å²) in [5.74, 6) is -0.209. The third-order valence-electron chi connectivity index (χ3n) is 3.39. The van der Waals surface area contributed by atoms with E-state index in [2.05, 4.69) is 20.4 Å². The number of carbonyl (C=O) groups excluding carboxylic acids is 1. The van der Waals surface area contributed by atoms with Gasteiger partial charge >= 0.3 is 6.18 Å². The second-order valence-corrected chi connectivity index (χ2v) is 6.06. The molecule has 3 heterocycles. The Kier molecular flexibility index (Phi) is 4.29. The number of pyridine rings is 1. The highest BCUT2D eigenvalue weighted by atomic mass is 32.1. The predicted molar refractivity (Wildman–Crippen MR) is 85.9 cm³/mol. The monoisotopic (exact) mass is 367 g/mol. The van der Waals surface area contributed by atoms with E-state index in [9.17, 15) is 18.0 Å². The Balaban J connectivity index is 1.84. The summed E-state index contributed by atoms with van der Waals surface area (Å²) in [4.78, 5) is 20.2. The lowest BCUT2D eigenvalue weighted by Gasteiger charge is -2.08. The van der Waals surface area contributed by atoms with Crippen molar-refractivity contribution in [2.45, 2.75) is 20.0 Å². The van der Waals surface area contributed by atoms with E-state index in [-0.39, 0.29) is 11.4 Å². The normalized spacial score (nSPS) is 11.6. The van der Waals surface area contributed by atoms with Crippen LogP contribution in [0, 0.1) is 13.8 Å². The first-order valence-corrected chi connectivity index (χ1v) is 7.95. The molecule has 130 valence electrons. The van der Waals surface area contributed by atoms with E-state index in [0.717, 1.165) is 18.0 Å². The van der Waals surface area contributed by atoms with Crippen LogP contribution < -0.4 is 5.32 Å². The summed E-state index contributed by atoms with van der Waals surface area (Å²) < 4.78 is 39.1. The van der Waals surface area contributed by atoms with Gasteiger partial charge in [0.1, 0.15) is 0 Å². The molecule has 0 aromatic carbocycles. The number of aromatic nitrogens is 4. The average molecular weight is 367 g/mol. The van der Waals surface area contributed by atoms with E-state index in [4.69, 9.17) is 0 Å². The van der Waals surface area contributed by atoms with Crippen LogP contribution >= 0.6 is 11.3 Å². The summed E-state index contributed by atoms with van der Waals surface area (Å²) >= 11 is 1.30. The zero-order chi connectivity index (χ0) is 18.2. The quantitative estimate of drug-likeness (QED) is 0.768. The average Bonchev–Trinajstić information content (AvgIpc) is 3.12. The van der Waals surface area contributed by atoms with Crippen molar-refractivity contribution < 1.29 is 18.0 Å². The van der Waals surface area contributed by atoms with Crippen LogP contribution in [0.5, 0.6) is 0 Å². The number of anilines is 1. The number of amides is 1. The molecule has 25 heavy (non-hydrogen) atoms. The SMILES string of the molecule is Cc1csc(NC(=O)c2cnn(-c3ccc(C(F)(F)F)cn3)c2C)n1. The molecular formula is C15H12F3N5OS. The van der Waals surface area contributed by atoms with Gasteiger partial charge in [0.25, 0.3) is 5.91 Å². The largest absolute Gasteiger partial charge is 0.417 e. The number of halogens is 3. The van der Waals surface area contributed by atoms with Gasteiger partial charge in [0.15, 0.2) is 10.9 Å². The lowest BCUT2D eigenvalue weighted by molar-refractivity contribution is -0.137. The highest BCUT2D eigenvalue weighted by molar-refractivity contribution is 7.13. The van der Waals surface area contributed by atoms with Gasteiger partial charge in [0.05, 0.1) is 28.7 Å². The lowest BCUT2D eigenvalue weighted by Crippen LogP contribution is -2.13. The van der Waals surface area contributed by atoms with Crippen LogP contribution in [-0.4, -0.2) is 25.7 Å². The van der Waals surface area contributed by atoms with Crippen molar-refractivity contribution in [2.24, 2.45) is 0 Å². The molecule has 0 bridgehead atoms. The Morgan fingerprint density at radius 2 is 2.00 bits per heavy atom. The van der Waals surface area contributed by atoms with Gasteiger partial charge in [0.2, 0.25) is 0 Å². The van der Waals surface area contributed by atoms with Gasteiger partial charge in [0, 0.05) is 11.6 Å². The third kappa shape index (κ3) is 3.53. The molecule has 0 aliphatic rings. The fourth-order valence-electron chi connectivity index (χ4n) is 2.12. The maximum atomic E-state index is 12.6. The number of hydrogen-bond donors (Lipinski definition) is 1. The Hall–Kier alpha value is -2.75. The summed E-state index contributed by atoms with van der Waals surface area (Å²) in [5.41, 5.74) is 0.687. The first-order chi connectivity index (χ1) is 11.8. The van der Waals surface area contributed by atoms with Crippen molar-refractivity contribution in [2.75, 3.05) is 5.32 Å². The van der Waals surface area contributed by atoms with E-state index >= 15 is 0 Å². The van der Waals surface area contributed by atoms with Crippen LogP contribution in [0.15, 0.2) is 29.9 Å². The van der Waals surface area contributed by atoms with Gasteiger partial charge in [-0.3, -0.25) is 10.1 Å². The number of alkyl halides is 3. The van der Waals surface area contributed by atoms with Crippen molar-refractivity contribution in [1.29, 1.82) is 0 Å². The molecule has 0 unspecified atom stereocenters. The summed E-state index contributed by atoms with van der Waals surface area (Å²) in [6, 6.07) is 2.12. The second-order valence-electron chi connectivity index (χ2n) is 5.21. The number of thiazole rings is 1. The predicted octanol–water partition coefficient (Wildman–Crippen LogP) is 3.61. The van der Waals surface area contributed by atoms with Crippen molar-refractivity contribution >= 4 is 22.4 Å². The van der Waals surface area contributed by atoms with Gasteiger partial charge in [-0.15, -0.1) is 11.3 Å². The summed E-state index contributed by atoms with van der Waals surface area (Å²) in [6.45, 7) is 3.44. The highest BCUT2D eigenvalue weighted by Crippen LogP contribution is 2.29. The van der Waals surface area contributed by atoms with Crippen molar-refractivity contribution in [3.8, 4) is 5.82 Å². The third-order valence-corrected chi connectivity index (χ3v) is 4.26. The van der Waals surface area contributed by atoms with Gasteiger partial charge in [-0.1, -0.05) is 0 Å². The molecular weight excluding hydrogens is 355 g/mol. The Morgan fingerprint density at radius 3 is 2.56 bits per heavy atom. The first kappa shape index (κ1) is 17.1. The molecule has 3 rings (SSSR count). The van der Waals surface area contributed by atoms with Gasteiger partial charge in [-0.2, -0.15) is 18.3 Å². The number of hydrogen-bond acceptors (Lipinski definition) is 5. The minimum absolute atomic E-state index is 0.189. The fraction of sp³-hybridized carbons (Fsp3) is 0.200. The molecule has 0 aliphatic heterocycles. The fourth-order valence-corrected chi connectivity index (χ4v) is 2.80. The van der Waals surface area contributed by atoms with Crippen LogP contribution in [0.2, 0.25) is 0 Å². The summed E-state index contributed by atoms with van der Waals surface area (Å²) in [5, 5.41) is 8.96. The molecule has 0 fully saturated rings. The van der Waals surface area contributed by atoms with Crippen LogP contribution in [0.1, 0.15) is 27.3 Å².